The molecule has 19 heavy (non-hydrogen) atoms. The van der Waals surface area contributed by atoms with E-state index in [9.17, 15) is 14.7 Å². The molecule has 0 fully saturated rings. The maximum absolute atomic E-state index is 11.9. The number of aromatic nitrogens is 1. The van der Waals surface area contributed by atoms with E-state index >= 15 is 0 Å². The Morgan fingerprint density at radius 2 is 2.26 bits per heavy atom. The Bertz CT molecular complexity index is 619. The van der Waals surface area contributed by atoms with Gasteiger partial charge in [0, 0.05) is 19.7 Å². The van der Waals surface area contributed by atoms with E-state index in [1.807, 2.05) is 10.8 Å². The van der Waals surface area contributed by atoms with E-state index in [1.54, 1.807) is 12.1 Å². The summed E-state index contributed by atoms with van der Waals surface area (Å²) in [6.07, 6.45) is -0.740. The number of nitrogens with zero attached hydrogens (tertiary/aromatic N) is 1. The summed E-state index contributed by atoms with van der Waals surface area (Å²) < 4.78 is 1.27. The predicted molar refractivity (Wildman–Crippen MR) is 73.3 cm³/mol. The van der Waals surface area contributed by atoms with Gasteiger partial charge in [0.05, 0.1) is 6.10 Å². The van der Waals surface area contributed by atoms with Gasteiger partial charge in [0.1, 0.15) is 5.69 Å². The number of hydrogen-bond donors (Lipinski definition) is 2. The van der Waals surface area contributed by atoms with Crippen LogP contribution < -0.4 is 10.9 Å². The summed E-state index contributed by atoms with van der Waals surface area (Å²) >= 11 is 1.48. The second-order valence-corrected chi connectivity index (χ2v) is 4.87. The van der Waals surface area contributed by atoms with Crippen molar-refractivity contribution in [2.45, 2.75) is 6.10 Å². The Kier molecular flexibility index (Phi) is 4.13. The van der Waals surface area contributed by atoms with Crippen LogP contribution in [0.15, 0.2) is 39.8 Å². The summed E-state index contributed by atoms with van der Waals surface area (Å²) in [5.74, 6) is -0.380. The summed E-state index contributed by atoms with van der Waals surface area (Å²) in [6, 6.07) is 6.29. The molecule has 1 unspecified atom stereocenters. The van der Waals surface area contributed by atoms with Gasteiger partial charge < -0.3 is 15.0 Å². The Morgan fingerprint density at radius 3 is 2.95 bits per heavy atom. The number of carbonyl (C=O) groups is 1. The molecule has 0 bridgehead atoms. The Balaban J connectivity index is 2.02. The van der Waals surface area contributed by atoms with Crippen LogP contribution in [0.4, 0.5) is 0 Å². The van der Waals surface area contributed by atoms with E-state index in [2.05, 4.69) is 5.32 Å². The van der Waals surface area contributed by atoms with Crippen molar-refractivity contribution in [3.8, 4) is 0 Å². The molecular formula is C13H14N2O3S. The molecule has 0 aliphatic rings. The molecule has 0 aliphatic heterocycles. The van der Waals surface area contributed by atoms with E-state index in [1.165, 1.54) is 35.1 Å². The van der Waals surface area contributed by atoms with Gasteiger partial charge in [-0.05, 0) is 28.5 Å². The minimum Gasteiger partial charge on any atom is -0.387 e. The van der Waals surface area contributed by atoms with Gasteiger partial charge >= 0.3 is 0 Å². The number of amides is 1. The van der Waals surface area contributed by atoms with Crippen LogP contribution in [-0.2, 0) is 7.05 Å². The second-order valence-electron chi connectivity index (χ2n) is 4.09. The lowest BCUT2D eigenvalue weighted by atomic mass is 10.2. The monoisotopic (exact) mass is 278 g/mol. The third-order valence-electron chi connectivity index (χ3n) is 2.80. The number of hydrogen-bond acceptors (Lipinski definition) is 4. The highest BCUT2D eigenvalue weighted by atomic mass is 32.1. The number of pyridine rings is 1. The zero-order valence-electron chi connectivity index (χ0n) is 10.4. The van der Waals surface area contributed by atoms with Crippen molar-refractivity contribution in [1.82, 2.24) is 9.88 Å². The highest BCUT2D eigenvalue weighted by Crippen LogP contribution is 2.15. The van der Waals surface area contributed by atoms with Crippen LogP contribution in [0, 0.1) is 0 Å². The van der Waals surface area contributed by atoms with Crippen LogP contribution in [0.5, 0.6) is 0 Å². The first kappa shape index (κ1) is 13.5. The molecule has 1 amide bonds. The van der Waals surface area contributed by atoms with Gasteiger partial charge in [-0.2, -0.15) is 11.3 Å². The average molecular weight is 278 g/mol. The predicted octanol–water partition coefficient (Wildman–Crippen LogP) is 0.910. The molecular weight excluding hydrogens is 264 g/mol. The van der Waals surface area contributed by atoms with Gasteiger partial charge in [-0.3, -0.25) is 9.59 Å². The van der Waals surface area contributed by atoms with E-state index in [4.69, 9.17) is 0 Å². The average Bonchev–Trinajstić information content (AvgIpc) is 2.93. The first-order valence-corrected chi connectivity index (χ1v) is 6.68. The summed E-state index contributed by atoms with van der Waals surface area (Å²) in [4.78, 5) is 23.3. The van der Waals surface area contributed by atoms with Crippen LogP contribution in [0.3, 0.4) is 0 Å². The number of aliphatic hydroxyl groups is 1. The Labute approximate surface area is 114 Å². The van der Waals surface area contributed by atoms with Gasteiger partial charge in [0.15, 0.2) is 0 Å². The lowest BCUT2D eigenvalue weighted by molar-refractivity contribution is 0.0907. The number of rotatable bonds is 4. The lowest BCUT2D eigenvalue weighted by Crippen LogP contribution is -2.32. The van der Waals surface area contributed by atoms with E-state index in [0.29, 0.717) is 0 Å². The second kappa shape index (κ2) is 5.81. The molecule has 0 radical (unpaired) electrons. The molecule has 2 heterocycles. The summed E-state index contributed by atoms with van der Waals surface area (Å²) in [6.45, 7) is 0.110. The van der Waals surface area contributed by atoms with Crippen molar-refractivity contribution in [2.24, 2.45) is 7.05 Å². The molecule has 0 aromatic carbocycles. The van der Waals surface area contributed by atoms with Crippen molar-refractivity contribution in [3.63, 3.8) is 0 Å². The van der Waals surface area contributed by atoms with Gasteiger partial charge in [0.2, 0.25) is 0 Å². The summed E-state index contributed by atoms with van der Waals surface area (Å²) in [5.41, 5.74) is 0.795. The van der Waals surface area contributed by atoms with Crippen molar-refractivity contribution in [2.75, 3.05) is 6.54 Å². The highest BCUT2D eigenvalue weighted by Gasteiger charge is 2.13. The zero-order chi connectivity index (χ0) is 13.8. The molecule has 6 heteroatoms. The fraction of sp³-hybridized carbons (Fsp3) is 0.231. The highest BCUT2D eigenvalue weighted by molar-refractivity contribution is 7.07. The molecule has 0 saturated carbocycles. The smallest absolute Gasteiger partial charge is 0.268 e. The molecule has 5 nitrogen and oxygen atoms in total. The summed E-state index contributed by atoms with van der Waals surface area (Å²) in [5, 5.41) is 16.2. The quantitative estimate of drug-likeness (QED) is 0.873. The van der Waals surface area contributed by atoms with Crippen molar-refractivity contribution in [1.29, 1.82) is 0 Å². The molecule has 0 saturated heterocycles. The molecule has 100 valence electrons. The first-order chi connectivity index (χ1) is 9.09. The zero-order valence-corrected chi connectivity index (χ0v) is 11.2. The third-order valence-corrected chi connectivity index (χ3v) is 3.50. The van der Waals surface area contributed by atoms with E-state index in [0.717, 1.165) is 5.56 Å². The van der Waals surface area contributed by atoms with Crippen molar-refractivity contribution >= 4 is 17.2 Å². The fourth-order valence-corrected chi connectivity index (χ4v) is 2.36. The Hall–Kier alpha value is -1.92. The van der Waals surface area contributed by atoms with Crippen LogP contribution in [-0.4, -0.2) is 22.1 Å². The third kappa shape index (κ3) is 3.10. The van der Waals surface area contributed by atoms with Crippen LogP contribution >= 0.6 is 11.3 Å². The SMILES string of the molecule is Cn1c(C(=O)NCC(O)c2ccsc2)cccc1=O. The minimum atomic E-state index is -0.740. The van der Waals surface area contributed by atoms with Gasteiger partial charge in [-0.1, -0.05) is 6.07 Å². The molecule has 1 atom stereocenters. The first-order valence-electron chi connectivity index (χ1n) is 5.74. The molecule has 2 rings (SSSR count). The summed E-state index contributed by atoms with van der Waals surface area (Å²) in [7, 11) is 1.53. The van der Waals surface area contributed by atoms with Gasteiger partial charge in [0.25, 0.3) is 11.5 Å². The molecule has 2 aromatic heterocycles. The maximum Gasteiger partial charge on any atom is 0.268 e. The minimum absolute atomic E-state index is 0.110. The molecule has 2 N–H and O–H groups in total. The van der Waals surface area contributed by atoms with Crippen LogP contribution in [0.25, 0.3) is 0 Å². The fourth-order valence-electron chi connectivity index (χ4n) is 1.65. The van der Waals surface area contributed by atoms with E-state index < -0.39 is 6.10 Å². The molecule has 2 aromatic rings. The van der Waals surface area contributed by atoms with Crippen LogP contribution in [0.2, 0.25) is 0 Å². The van der Waals surface area contributed by atoms with Gasteiger partial charge in [-0.15, -0.1) is 0 Å². The van der Waals surface area contributed by atoms with Crippen molar-refractivity contribution in [3.05, 3.63) is 56.6 Å². The molecule has 0 spiro atoms. The molecule has 0 aliphatic carbocycles. The topological polar surface area (TPSA) is 71.3 Å². The number of nitrogens with one attached hydrogen (secondary N) is 1. The van der Waals surface area contributed by atoms with E-state index in [-0.39, 0.29) is 23.7 Å². The number of carbonyl (C=O) groups excluding carboxylic acids is 1. The largest absolute Gasteiger partial charge is 0.387 e. The maximum atomic E-state index is 11.9. The van der Waals surface area contributed by atoms with Crippen molar-refractivity contribution < 1.29 is 9.90 Å². The van der Waals surface area contributed by atoms with Crippen LogP contribution in [0.1, 0.15) is 22.2 Å². The standard InChI is InChI=1S/C13H14N2O3S/c1-15-10(3-2-4-12(15)17)13(18)14-7-11(16)9-5-6-19-8-9/h2-6,8,11,16H,7H2,1H3,(H,14,18). The lowest BCUT2D eigenvalue weighted by Gasteiger charge is -2.12. The van der Waals surface area contributed by atoms with Gasteiger partial charge in [-0.25, -0.2) is 0 Å². The number of thiophene rings is 1. The Morgan fingerprint density at radius 1 is 1.47 bits per heavy atom. The normalized spacial score (nSPS) is 12.1. The number of aliphatic hydroxyl groups excluding tert-OH is 1.